The third kappa shape index (κ3) is 3.67. The summed E-state index contributed by atoms with van der Waals surface area (Å²) in [4.78, 5) is 0. The van der Waals surface area contributed by atoms with Crippen molar-refractivity contribution in [2.45, 2.75) is 44.3 Å². The van der Waals surface area contributed by atoms with Crippen LogP contribution >= 0.6 is 0 Å². The molecule has 148 valence electrons. The Morgan fingerprint density at radius 2 is 1.86 bits per heavy atom. The average molecular weight is 379 g/mol. The van der Waals surface area contributed by atoms with E-state index in [4.69, 9.17) is 9.47 Å². The predicted molar refractivity (Wildman–Crippen MR) is 114 cm³/mol. The van der Waals surface area contributed by atoms with Crippen LogP contribution in [0.5, 0.6) is 5.75 Å². The Hall–Kier alpha value is -2.30. The molecule has 0 amide bonds. The molecule has 1 N–H and O–H groups in total. The highest BCUT2D eigenvalue weighted by atomic mass is 16.5. The first-order chi connectivity index (χ1) is 13.8. The number of hydrogen-bond donors (Lipinski definition) is 1. The number of methoxy groups -OCH3 is 2. The number of para-hydroxylation sites is 1. The van der Waals surface area contributed by atoms with E-state index in [1.54, 1.807) is 14.2 Å². The largest absolute Gasteiger partial charge is 0.497 e. The molecular formula is C24H30N2O2. The van der Waals surface area contributed by atoms with Crippen molar-refractivity contribution in [3.8, 4) is 5.75 Å². The van der Waals surface area contributed by atoms with Crippen LogP contribution in [0.2, 0.25) is 0 Å². The number of nitrogens with one attached hydrogen (secondary N) is 1. The third-order valence-electron chi connectivity index (χ3n) is 6.10. The molecule has 0 spiro atoms. The summed E-state index contributed by atoms with van der Waals surface area (Å²) in [6, 6.07) is 17.2. The molecule has 0 radical (unpaired) electrons. The van der Waals surface area contributed by atoms with Crippen LogP contribution in [0.3, 0.4) is 0 Å². The van der Waals surface area contributed by atoms with Gasteiger partial charge in [0.25, 0.3) is 0 Å². The van der Waals surface area contributed by atoms with E-state index in [1.807, 2.05) is 6.07 Å². The van der Waals surface area contributed by atoms with Crippen LogP contribution < -0.4 is 10.1 Å². The van der Waals surface area contributed by atoms with Crippen molar-refractivity contribution in [1.82, 2.24) is 9.88 Å². The molecule has 1 fully saturated rings. The van der Waals surface area contributed by atoms with Gasteiger partial charge >= 0.3 is 0 Å². The Bertz CT molecular complexity index is 925. The van der Waals surface area contributed by atoms with E-state index in [9.17, 15) is 0 Å². The molecule has 1 saturated carbocycles. The first kappa shape index (κ1) is 19.0. The van der Waals surface area contributed by atoms with Crippen molar-refractivity contribution >= 4 is 10.9 Å². The number of benzene rings is 2. The zero-order chi connectivity index (χ0) is 19.4. The predicted octanol–water partition coefficient (Wildman–Crippen LogP) is 4.86. The molecule has 0 aliphatic heterocycles. The lowest BCUT2D eigenvalue weighted by Gasteiger charge is -2.31. The van der Waals surface area contributed by atoms with Gasteiger partial charge in [-0.05, 0) is 42.2 Å². The van der Waals surface area contributed by atoms with Crippen LogP contribution in [-0.2, 0) is 23.4 Å². The van der Waals surface area contributed by atoms with Crippen molar-refractivity contribution in [3.63, 3.8) is 0 Å². The normalized spacial score (nSPS) is 15.9. The molecule has 1 aromatic heterocycles. The molecule has 2 aromatic carbocycles. The van der Waals surface area contributed by atoms with Crippen molar-refractivity contribution < 1.29 is 9.47 Å². The van der Waals surface area contributed by atoms with Gasteiger partial charge in [-0.2, -0.15) is 0 Å². The fourth-order valence-corrected chi connectivity index (χ4v) is 4.57. The fourth-order valence-electron chi connectivity index (χ4n) is 4.57. The van der Waals surface area contributed by atoms with Crippen LogP contribution in [0.4, 0.5) is 0 Å². The molecule has 0 atom stereocenters. The zero-order valence-corrected chi connectivity index (χ0v) is 16.9. The van der Waals surface area contributed by atoms with Gasteiger partial charge in [0.1, 0.15) is 5.75 Å². The standard InChI is InChI=1S/C24H30N2O2/c1-27-15-14-26-18-19(22-10-3-4-11-23(22)26)17-25-24(12-5-6-13-24)20-8-7-9-21(16-20)28-2/h3-4,7-11,16,18,25H,5-6,12-15,17H2,1-2H3. The molecule has 4 rings (SSSR count). The number of nitrogens with zero attached hydrogens (tertiary/aromatic N) is 1. The Balaban J connectivity index is 1.61. The van der Waals surface area contributed by atoms with Gasteiger partial charge in [-0.3, -0.25) is 0 Å². The SMILES string of the molecule is COCCn1cc(CNC2(c3cccc(OC)c3)CCCC2)c2ccccc21. The van der Waals surface area contributed by atoms with Crippen LogP contribution in [0.25, 0.3) is 10.9 Å². The highest BCUT2D eigenvalue weighted by Crippen LogP contribution is 2.40. The molecule has 4 nitrogen and oxygen atoms in total. The molecule has 1 aliphatic rings. The van der Waals surface area contributed by atoms with Crippen LogP contribution in [0.1, 0.15) is 36.8 Å². The summed E-state index contributed by atoms with van der Waals surface area (Å²) >= 11 is 0. The van der Waals surface area contributed by atoms with E-state index in [0.29, 0.717) is 0 Å². The minimum Gasteiger partial charge on any atom is -0.497 e. The molecule has 3 aromatic rings. The van der Waals surface area contributed by atoms with Crippen molar-refractivity contribution in [3.05, 3.63) is 65.9 Å². The second-order valence-corrected chi connectivity index (χ2v) is 7.73. The lowest BCUT2D eigenvalue weighted by molar-refractivity contribution is 0.188. The Morgan fingerprint density at radius 3 is 2.64 bits per heavy atom. The highest BCUT2D eigenvalue weighted by Gasteiger charge is 2.35. The molecule has 1 heterocycles. The fraction of sp³-hybridized carbons (Fsp3) is 0.417. The molecule has 0 unspecified atom stereocenters. The number of hydrogen-bond acceptors (Lipinski definition) is 3. The second-order valence-electron chi connectivity index (χ2n) is 7.73. The van der Waals surface area contributed by atoms with Gasteiger partial charge in [0.2, 0.25) is 0 Å². The molecule has 0 bridgehead atoms. The van der Waals surface area contributed by atoms with Gasteiger partial charge in [0.15, 0.2) is 0 Å². The van der Waals surface area contributed by atoms with Crippen LogP contribution in [0, 0.1) is 0 Å². The zero-order valence-electron chi connectivity index (χ0n) is 16.9. The second kappa shape index (κ2) is 8.38. The minimum atomic E-state index is 0.0320. The van der Waals surface area contributed by atoms with Gasteiger partial charge in [-0.1, -0.05) is 43.2 Å². The average Bonchev–Trinajstić information content (AvgIpc) is 3.37. The number of rotatable bonds is 8. The van der Waals surface area contributed by atoms with Crippen molar-refractivity contribution in [2.75, 3.05) is 20.8 Å². The molecule has 0 saturated heterocycles. The monoisotopic (exact) mass is 378 g/mol. The summed E-state index contributed by atoms with van der Waals surface area (Å²) in [6.45, 7) is 2.45. The smallest absolute Gasteiger partial charge is 0.119 e. The Labute approximate surface area is 167 Å². The highest BCUT2D eigenvalue weighted by molar-refractivity contribution is 5.84. The van der Waals surface area contributed by atoms with Gasteiger partial charge in [-0.15, -0.1) is 0 Å². The molecule has 4 heteroatoms. The summed E-state index contributed by atoms with van der Waals surface area (Å²) < 4.78 is 13.1. The first-order valence-electron chi connectivity index (χ1n) is 10.2. The van der Waals surface area contributed by atoms with E-state index in [1.165, 1.54) is 47.7 Å². The van der Waals surface area contributed by atoms with Gasteiger partial charge in [0.05, 0.1) is 13.7 Å². The number of fused-ring (bicyclic) bond motifs is 1. The van der Waals surface area contributed by atoms with Gasteiger partial charge in [-0.25, -0.2) is 0 Å². The Kier molecular flexibility index (Phi) is 5.69. The number of aromatic nitrogens is 1. The third-order valence-corrected chi connectivity index (χ3v) is 6.10. The summed E-state index contributed by atoms with van der Waals surface area (Å²) in [6.07, 6.45) is 7.15. The maximum atomic E-state index is 5.48. The van der Waals surface area contributed by atoms with E-state index in [0.717, 1.165) is 25.4 Å². The maximum absolute atomic E-state index is 5.48. The summed E-state index contributed by atoms with van der Waals surface area (Å²) in [5.74, 6) is 0.932. The van der Waals surface area contributed by atoms with Gasteiger partial charge < -0.3 is 19.4 Å². The van der Waals surface area contributed by atoms with Crippen molar-refractivity contribution in [1.29, 1.82) is 0 Å². The van der Waals surface area contributed by atoms with Crippen LogP contribution in [0.15, 0.2) is 54.7 Å². The maximum Gasteiger partial charge on any atom is 0.119 e. The van der Waals surface area contributed by atoms with Crippen molar-refractivity contribution in [2.24, 2.45) is 0 Å². The van der Waals surface area contributed by atoms with E-state index >= 15 is 0 Å². The Morgan fingerprint density at radius 1 is 1.04 bits per heavy atom. The first-order valence-corrected chi connectivity index (χ1v) is 10.2. The summed E-state index contributed by atoms with van der Waals surface area (Å²) in [7, 11) is 3.49. The van der Waals surface area contributed by atoms with Crippen LogP contribution in [-0.4, -0.2) is 25.4 Å². The summed E-state index contributed by atoms with van der Waals surface area (Å²) in [5, 5.41) is 5.26. The number of ether oxygens (including phenoxy) is 2. The minimum absolute atomic E-state index is 0.0320. The quantitative estimate of drug-likeness (QED) is 0.608. The topological polar surface area (TPSA) is 35.4 Å². The molecular weight excluding hydrogens is 348 g/mol. The van der Waals surface area contributed by atoms with E-state index in [-0.39, 0.29) is 5.54 Å². The molecule has 28 heavy (non-hydrogen) atoms. The van der Waals surface area contributed by atoms with Gasteiger partial charge in [0, 0.05) is 42.8 Å². The summed E-state index contributed by atoms with van der Waals surface area (Å²) in [5.41, 5.74) is 4.00. The lowest BCUT2D eigenvalue weighted by Crippen LogP contribution is -2.39. The lowest BCUT2D eigenvalue weighted by atomic mass is 9.87. The van der Waals surface area contributed by atoms with E-state index in [2.05, 4.69) is 58.5 Å². The van der Waals surface area contributed by atoms with E-state index < -0.39 is 0 Å². The molecule has 1 aliphatic carbocycles.